The van der Waals surface area contributed by atoms with Crippen LogP contribution in [0.15, 0.2) is 54.6 Å². The van der Waals surface area contributed by atoms with E-state index in [0.29, 0.717) is 5.56 Å². The highest BCUT2D eigenvalue weighted by molar-refractivity contribution is 6.03. The molecule has 2 aromatic rings. The minimum absolute atomic E-state index is 0.0808. The first-order valence-corrected chi connectivity index (χ1v) is 11.1. The number of esters is 1. The van der Waals surface area contributed by atoms with Gasteiger partial charge in [-0.15, -0.1) is 0 Å². The van der Waals surface area contributed by atoms with Gasteiger partial charge in [0.25, 0.3) is 5.91 Å². The van der Waals surface area contributed by atoms with Gasteiger partial charge in [0.1, 0.15) is 11.3 Å². The molecule has 0 aromatic heterocycles. The summed E-state index contributed by atoms with van der Waals surface area (Å²) in [5.74, 6) is -0.484. The number of hydrogen-bond acceptors (Lipinski definition) is 5. The Hall–Kier alpha value is -3.12. The lowest BCUT2D eigenvalue weighted by Gasteiger charge is -2.46. The molecule has 1 spiro atoms. The van der Waals surface area contributed by atoms with Crippen LogP contribution in [0.25, 0.3) is 6.08 Å². The molecule has 1 amide bonds. The van der Waals surface area contributed by atoms with E-state index in [1.54, 1.807) is 12.1 Å². The Labute approximate surface area is 189 Å². The zero-order chi connectivity index (χ0) is 22.8. The average molecular weight is 434 g/mol. The van der Waals surface area contributed by atoms with Crippen LogP contribution >= 0.6 is 0 Å². The number of ether oxygens (including phenoxy) is 1. The predicted octanol–water partition coefficient (Wildman–Crippen LogP) is 4.19. The molecule has 0 atom stereocenters. The second-order valence-corrected chi connectivity index (χ2v) is 9.59. The van der Waals surface area contributed by atoms with Gasteiger partial charge in [-0.05, 0) is 50.1 Å². The van der Waals surface area contributed by atoms with E-state index in [2.05, 4.69) is 39.8 Å². The molecule has 2 heterocycles. The molecule has 0 radical (unpaired) electrons. The molecule has 1 saturated heterocycles. The number of nitrogens with zero attached hydrogens (tertiary/aromatic N) is 1. The Morgan fingerprint density at radius 3 is 2.50 bits per heavy atom. The summed E-state index contributed by atoms with van der Waals surface area (Å²) in [6.45, 7) is 8.23. The molecule has 0 saturated carbocycles. The van der Waals surface area contributed by atoms with Crippen LogP contribution in [-0.2, 0) is 16.1 Å². The Morgan fingerprint density at radius 2 is 1.81 bits per heavy atom. The lowest BCUT2D eigenvalue weighted by atomic mass is 9.91. The van der Waals surface area contributed by atoms with Crippen molar-refractivity contribution >= 4 is 23.6 Å². The molecule has 0 unspecified atom stereocenters. The molecule has 2 aliphatic rings. The van der Waals surface area contributed by atoms with Crippen molar-refractivity contribution in [3.63, 3.8) is 0 Å². The predicted molar refractivity (Wildman–Crippen MR) is 126 cm³/mol. The molecule has 0 bridgehead atoms. The molecule has 2 N–H and O–H groups in total. The van der Waals surface area contributed by atoms with E-state index in [0.717, 1.165) is 43.7 Å². The number of anilines is 1. The van der Waals surface area contributed by atoms with Gasteiger partial charge in [0, 0.05) is 44.2 Å². The van der Waals surface area contributed by atoms with Crippen molar-refractivity contribution in [1.82, 2.24) is 10.2 Å². The van der Waals surface area contributed by atoms with Crippen LogP contribution in [0.3, 0.4) is 0 Å². The first kappa shape index (κ1) is 22.1. The molecule has 1 fully saturated rings. The highest BCUT2D eigenvalue weighted by Crippen LogP contribution is 2.32. The molecular weight excluding hydrogens is 402 g/mol. The summed E-state index contributed by atoms with van der Waals surface area (Å²) in [7, 11) is 0. The Kier molecular flexibility index (Phi) is 6.07. The van der Waals surface area contributed by atoms with E-state index in [9.17, 15) is 9.59 Å². The molecule has 6 nitrogen and oxygen atoms in total. The number of carbonyl (C=O) groups excluding carboxylic acids is 2. The monoisotopic (exact) mass is 433 g/mol. The first-order chi connectivity index (χ1) is 15.2. The number of likely N-dealkylation sites (tertiary alicyclic amines) is 1. The number of fused-ring (bicyclic) bond motifs is 1. The van der Waals surface area contributed by atoms with Gasteiger partial charge in [0.05, 0.1) is 5.56 Å². The number of rotatable bonds is 4. The Bertz CT molecular complexity index is 1020. The topological polar surface area (TPSA) is 70.7 Å². The van der Waals surface area contributed by atoms with E-state index in [1.165, 1.54) is 11.6 Å². The van der Waals surface area contributed by atoms with Crippen LogP contribution in [0.5, 0.6) is 0 Å². The standard InChI is InChI=1S/C26H31N3O3/c1-25(2,3)32-23(30)12-10-19-9-11-22-21(17-19)24(31)28-26(27-22)13-15-29(16-14-26)18-20-7-5-4-6-8-20/h4-12,17,27H,13-16,18H2,1-3H3,(H,28,31). The van der Waals surface area contributed by atoms with Gasteiger partial charge in [0.15, 0.2) is 0 Å². The number of carbonyl (C=O) groups is 2. The smallest absolute Gasteiger partial charge is 0.331 e. The third kappa shape index (κ3) is 5.37. The van der Waals surface area contributed by atoms with Crippen molar-refractivity contribution in [2.45, 2.75) is 51.4 Å². The minimum atomic E-state index is -0.536. The van der Waals surface area contributed by atoms with Gasteiger partial charge in [-0.1, -0.05) is 36.4 Å². The van der Waals surface area contributed by atoms with Crippen molar-refractivity contribution in [2.24, 2.45) is 0 Å². The van der Waals surface area contributed by atoms with Crippen LogP contribution in [0.4, 0.5) is 5.69 Å². The normalized spacial score (nSPS) is 18.2. The average Bonchev–Trinajstić information content (AvgIpc) is 2.74. The number of benzene rings is 2. The summed E-state index contributed by atoms with van der Waals surface area (Å²) >= 11 is 0. The van der Waals surface area contributed by atoms with Gasteiger partial charge in [0.2, 0.25) is 0 Å². The van der Waals surface area contributed by atoms with Gasteiger partial charge in [-0.25, -0.2) is 4.79 Å². The molecule has 0 aliphatic carbocycles. The number of amides is 1. The van der Waals surface area contributed by atoms with Crippen LogP contribution in [0.1, 0.15) is 55.1 Å². The fraction of sp³-hybridized carbons (Fsp3) is 0.385. The molecule has 32 heavy (non-hydrogen) atoms. The fourth-order valence-corrected chi connectivity index (χ4v) is 4.22. The molecular formula is C26H31N3O3. The van der Waals surface area contributed by atoms with E-state index in [4.69, 9.17) is 4.74 Å². The number of nitrogens with one attached hydrogen (secondary N) is 2. The third-order valence-electron chi connectivity index (χ3n) is 5.79. The third-order valence-corrected chi connectivity index (χ3v) is 5.79. The lowest BCUT2D eigenvalue weighted by Crippen LogP contribution is -2.62. The summed E-state index contributed by atoms with van der Waals surface area (Å²) in [5, 5.41) is 6.78. The minimum Gasteiger partial charge on any atom is -0.457 e. The molecule has 6 heteroatoms. The molecule has 168 valence electrons. The maximum atomic E-state index is 12.9. The van der Waals surface area contributed by atoms with Crippen molar-refractivity contribution in [3.05, 3.63) is 71.3 Å². The van der Waals surface area contributed by atoms with Crippen LogP contribution < -0.4 is 10.6 Å². The second-order valence-electron chi connectivity index (χ2n) is 9.59. The van der Waals surface area contributed by atoms with Crippen LogP contribution in [-0.4, -0.2) is 41.1 Å². The van der Waals surface area contributed by atoms with Gasteiger partial charge in [-0.2, -0.15) is 0 Å². The van der Waals surface area contributed by atoms with Crippen molar-refractivity contribution < 1.29 is 14.3 Å². The number of hydrogen-bond donors (Lipinski definition) is 2. The highest BCUT2D eigenvalue weighted by atomic mass is 16.6. The van der Waals surface area contributed by atoms with E-state index >= 15 is 0 Å². The van der Waals surface area contributed by atoms with Crippen molar-refractivity contribution in [1.29, 1.82) is 0 Å². The zero-order valence-corrected chi connectivity index (χ0v) is 19.0. The highest BCUT2D eigenvalue weighted by Gasteiger charge is 2.40. The summed E-state index contributed by atoms with van der Waals surface area (Å²) in [6, 6.07) is 16.1. The number of piperidine rings is 1. The molecule has 2 aliphatic heterocycles. The second kappa shape index (κ2) is 8.79. The van der Waals surface area contributed by atoms with Gasteiger partial charge < -0.3 is 15.4 Å². The maximum absolute atomic E-state index is 12.9. The molecule has 2 aromatic carbocycles. The summed E-state index contributed by atoms with van der Waals surface area (Å²) < 4.78 is 5.29. The quantitative estimate of drug-likeness (QED) is 0.559. The first-order valence-electron chi connectivity index (χ1n) is 11.1. The fourth-order valence-electron chi connectivity index (χ4n) is 4.22. The van der Waals surface area contributed by atoms with Gasteiger partial charge in [-0.3, -0.25) is 9.69 Å². The van der Waals surface area contributed by atoms with E-state index in [-0.39, 0.29) is 5.91 Å². The summed E-state index contributed by atoms with van der Waals surface area (Å²) in [4.78, 5) is 27.3. The summed E-state index contributed by atoms with van der Waals surface area (Å²) in [5.41, 5.74) is 2.56. The van der Waals surface area contributed by atoms with E-state index in [1.807, 2.05) is 39.0 Å². The Morgan fingerprint density at radius 1 is 1.09 bits per heavy atom. The lowest BCUT2D eigenvalue weighted by molar-refractivity contribution is -0.148. The SMILES string of the molecule is CC(C)(C)OC(=O)C=Cc1ccc2c(c1)C(=O)NC1(CCN(Cc3ccccc3)CC1)N2. The van der Waals surface area contributed by atoms with Crippen LogP contribution in [0.2, 0.25) is 0 Å². The molecule has 4 rings (SSSR count). The summed E-state index contributed by atoms with van der Waals surface area (Å²) in [6.07, 6.45) is 4.75. The van der Waals surface area contributed by atoms with Crippen LogP contribution in [0, 0.1) is 0 Å². The van der Waals surface area contributed by atoms with E-state index < -0.39 is 17.2 Å². The Balaban J connectivity index is 1.40. The maximum Gasteiger partial charge on any atom is 0.331 e. The van der Waals surface area contributed by atoms with Crippen molar-refractivity contribution in [2.75, 3.05) is 18.4 Å². The zero-order valence-electron chi connectivity index (χ0n) is 19.0. The van der Waals surface area contributed by atoms with Crippen molar-refractivity contribution in [3.8, 4) is 0 Å². The van der Waals surface area contributed by atoms with Gasteiger partial charge >= 0.3 is 5.97 Å². The largest absolute Gasteiger partial charge is 0.457 e.